The Morgan fingerprint density at radius 3 is 2.21 bits per heavy atom. The lowest BCUT2D eigenvalue weighted by molar-refractivity contribution is 0.1000. The zero-order valence-electron chi connectivity index (χ0n) is 19.0. The average molecular weight is 454 g/mol. The van der Waals surface area contributed by atoms with Crippen molar-refractivity contribution in [2.45, 2.75) is 6.54 Å². The van der Waals surface area contributed by atoms with E-state index in [1.54, 1.807) is 43.5 Å². The van der Waals surface area contributed by atoms with Crippen LogP contribution in [-0.4, -0.2) is 23.9 Å². The molecule has 0 heterocycles. The third-order valence-electron chi connectivity index (χ3n) is 5.13. The predicted octanol–water partition coefficient (Wildman–Crippen LogP) is 5.13. The van der Waals surface area contributed by atoms with E-state index in [0.29, 0.717) is 17.9 Å². The highest BCUT2D eigenvalue weighted by atomic mass is 16.6. The summed E-state index contributed by atoms with van der Waals surface area (Å²) in [5.74, 6) is -0.0295. The van der Waals surface area contributed by atoms with E-state index in [9.17, 15) is 9.59 Å². The summed E-state index contributed by atoms with van der Waals surface area (Å²) in [7, 11) is 1.68. The topological polar surface area (TPSA) is 98.7 Å². The minimum atomic E-state index is -0.467. The van der Waals surface area contributed by atoms with E-state index in [1.807, 2.05) is 54.6 Å². The first kappa shape index (κ1) is 24.1. The minimum absolute atomic E-state index is 0.380. The molecule has 3 aromatic carbocycles. The quantitative estimate of drug-likeness (QED) is 0.462. The number of hydrogen-bond acceptors (Lipinski definition) is 4. The molecule has 0 radical (unpaired) electrons. The third kappa shape index (κ3) is 6.23. The van der Waals surface area contributed by atoms with E-state index in [4.69, 9.17) is 16.2 Å². The van der Waals surface area contributed by atoms with Gasteiger partial charge < -0.3 is 21.1 Å². The molecule has 3 rings (SSSR count). The van der Waals surface area contributed by atoms with Gasteiger partial charge in [0.15, 0.2) is 0 Å². The second-order valence-corrected chi connectivity index (χ2v) is 7.61. The highest BCUT2D eigenvalue weighted by Crippen LogP contribution is 2.23. The normalized spacial score (nSPS) is 11.3. The number of benzene rings is 3. The van der Waals surface area contributed by atoms with Crippen LogP contribution in [0.25, 0.3) is 16.7 Å². The van der Waals surface area contributed by atoms with E-state index >= 15 is 0 Å². The Balaban J connectivity index is 1.64. The molecule has 2 amide bonds. The number of primary amides is 1. The number of carbonyl (C=O) groups is 2. The molecule has 0 aliphatic rings. The lowest BCUT2D eigenvalue weighted by atomic mass is 10.0. The van der Waals surface area contributed by atoms with Crippen LogP contribution in [-0.2, 0) is 6.54 Å². The Morgan fingerprint density at radius 2 is 1.62 bits per heavy atom. The maximum absolute atomic E-state index is 12.6. The number of rotatable bonds is 8. The molecule has 0 atom stereocenters. The molecule has 0 saturated heterocycles. The van der Waals surface area contributed by atoms with Crippen molar-refractivity contribution in [1.29, 1.82) is 0 Å². The van der Waals surface area contributed by atoms with Gasteiger partial charge in [-0.15, -0.1) is 0 Å². The monoisotopic (exact) mass is 453 g/mol. The summed E-state index contributed by atoms with van der Waals surface area (Å²) in [5.41, 5.74) is 16.0. The summed E-state index contributed by atoms with van der Waals surface area (Å²) >= 11 is 0. The first-order chi connectivity index (χ1) is 16.4. The van der Waals surface area contributed by atoms with Crippen molar-refractivity contribution in [2.75, 3.05) is 7.05 Å². The number of allylic oxidation sites excluding steroid dienone is 4. The molecule has 0 aliphatic carbocycles. The largest absolute Gasteiger partial charge is 0.415 e. The fraction of sp³-hybridized carbons (Fsp3) is 0.0714. The summed E-state index contributed by atoms with van der Waals surface area (Å²) < 4.78 is 5.52. The number of nitrogens with zero attached hydrogens (tertiary/aromatic N) is 1. The lowest BCUT2D eigenvalue weighted by Gasteiger charge is -2.17. The summed E-state index contributed by atoms with van der Waals surface area (Å²) in [4.78, 5) is 25.3. The molecule has 0 fully saturated rings. The van der Waals surface area contributed by atoms with Gasteiger partial charge in [0.1, 0.15) is 5.75 Å². The molecule has 0 saturated carbocycles. The minimum Gasteiger partial charge on any atom is -0.410 e. The molecule has 0 aromatic heterocycles. The van der Waals surface area contributed by atoms with E-state index in [2.05, 4.69) is 6.58 Å². The lowest BCUT2D eigenvalue weighted by Crippen LogP contribution is -2.29. The molecule has 34 heavy (non-hydrogen) atoms. The summed E-state index contributed by atoms with van der Waals surface area (Å²) in [6, 6.07) is 22.0. The standard InChI is InChI=1S/C28H27N3O3/c1-3-5-21(16-17-29)25-7-4-6-20(18-25)19-31(2)28(33)34-26-14-12-23(13-15-26)22-8-10-24(11-9-22)27(30)32/h3-18H,1,19,29H2,2H3,(H2,30,32)/b17-16-,21-5+. The van der Waals surface area contributed by atoms with Gasteiger partial charge in [0.05, 0.1) is 0 Å². The molecule has 6 heteroatoms. The van der Waals surface area contributed by atoms with Crippen LogP contribution in [0.2, 0.25) is 0 Å². The maximum atomic E-state index is 12.6. The van der Waals surface area contributed by atoms with Crippen molar-refractivity contribution in [3.63, 3.8) is 0 Å². The van der Waals surface area contributed by atoms with Crippen LogP contribution >= 0.6 is 0 Å². The van der Waals surface area contributed by atoms with Crippen LogP contribution in [0.4, 0.5) is 4.79 Å². The van der Waals surface area contributed by atoms with Crippen LogP contribution < -0.4 is 16.2 Å². The Hall–Kier alpha value is -4.58. The molecule has 172 valence electrons. The van der Waals surface area contributed by atoms with Crippen LogP contribution in [0.15, 0.2) is 104 Å². The highest BCUT2D eigenvalue weighted by molar-refractivity contribution is 5.93. The molecule has 0 unspecified atom stereocenters. The molecule has 0 spiro atoms. The Bertz CT molecular complexity index is 1230. The molecule has 4 N–H and O–H groups in total. The van der Waals surface area contributed by atoms with Crippen molar-refractivity contribution in [1.82, 2.24) is 4.90 Å². The van der Waals surface area contributed by atoms with Gasteiger partial charge in [0.25, 0.3) is 0 Å². The Morgan fingerprint density at radius 1 is 0.971 bits per heavy atom. The predicted molar refractivity (Wildman–Crippen MR) is 136 cm³/mol. The Labute approximate surface area is 199 Å². The van der Waals surface area contributed by atoms with Crippen molar-refractivity contribution in [3.05, 3.63) is 120 Å². The summed E-state index contributed by atoms with van der Waals surface area (Å²) in [6.45, 7) is 4.12. The van der Waals surface area contributed by atoms with E-state index in [1.165, 1.54) is 11.1 Å². The Kier molecular flexibility index (Phi) is 8.02. The fourth-order valence-electron chi connectivity index (χ4n) is 3.39. The first-order valence-electron chi connectivity index (χ1n) is 10.6. The maximum Gasteiger partial charge on any atom is 0.415 e. The average Bonchev–Trinajstić information content (AvgIpc) is 2.84. The second kappa shape index (κ2) is 11.3. The van der Waals surface area contributed by atoms with Crippen molar-refractivity contribution in [3.8, 4) is 16.9 Å². The van der Waals surface area contributed by atoms with Crippen LogP contribution in [0.5, 0.6) is 5.75 Å². The zero-order valence-corrected chi connectivity index (χ0v) is 19.0. The fourth-order valence-corrected chi connectivity index (χ4v) is 3.39. The number of ether oxygens (including phenoxy) is 1. The number of hydrogen-bond donors (Lipinski definition) is 2. The molecule has 0 aliphatic heterocycles. The number of nitrogens with two attached hydrogens (primary N) is 2. The molecular formula is C28H27N3O3. The highest BCUT2D eigenvalue weighted by Gasteiger charge is 2.13. The van der Waals surface area contributed by atoms with Gasteiger partial charge in [0, 0.05) is 19.2 Å². The molecule has 0 bridgehead atoms. The number of amides is 2. The van der Waals surface area contributed by atoms with Crippen LogP contribution in [0.3, 0.4) is 0 Å². The zero-order chi connectivity index (χ0) is 24.5. The summed E-state index contributed by atoms with van der Waals surface area (Å²) in [5, 5.41) is 0. The van der Waals surface area contributed by atoms with Crippen molar-refractivity contribution >= 4 is 17.6 Å². The van der Waals surface area contributed by atoms with Gasteiger partial charge in [-0.05, 0) is 70.4 Å². The van der Waals surface area contributed by atoms with Crippen LogP contribution in [0, 0.1) is 0 Å². The van der Waals surface area contributed by atoms with Gasteiger partial charge in [-0.1, -0.05) is 61.2 Å². The van der Waals surface area contributed by atoms with Gasteiger partial charge in [-0.3, -0.25) is 4.79 Å². The van der Waals surface area contributed by atoms with E-state index in [-0.39, 0.29) is 0 Å². The van der Waals surface area contributed by atoms with Gasteiger partial charge in [-0.25, -0.2) is 4.79 Å². The van der Waals surface area contributed by atoms with Crippen molar-refractivity contribution < 1.29 is 14.3 Å². The number of carbonyl (C=O) groups excluding carboxylic acids is 2. The second-order valence-electron chi connectivity index (χ2n) is 7.61. The van der Waals surface area contributed by atoms with E-state index in [0.717, 1.165) is 27.8 Å². The smallest absolute Gasteiger partial charge is 0.410 e. The van der Waals surface area contributed by atoms with Gasteiger partial charge >= 0.3 is 6.09 Å². The van der Waals surface area contributed by atoms with Crippen LogP contribution in [0.1, 0.15) is 21.5 Å². The van der Waals surface area contributed by atoms with Crippen molar-refractivity contribution in [2.24, 2.45) is 11.5 Å². The van der Waals surface area contributed by atoms with Gasteiger partial charge in [-0.2, -0.15) is 0 Å². The SMILES string of the molecule is C=C/C=C(\C=C/N)c1cccc(CN(C)C(=O)Oc2ccc(-c3ccc(C(N)=O)cc3)cc2)c1. The molecular weight excluding hydrogens is 426 g/mol. The molecule has 6 nitrogen and oxygen atoms in total. The summed E-state index contributed by atoms with van der Waals surface area (Å²) in [6.07, 6.45) is 6.39. The molecule has 3 aromatic rings. The van der Waals surface area contributed by atoms with Gasteiger partial charge in [0.2, 0.25) is 5.91 Å². The first-order valence-corrected chi connectivity index (χ1v) is 10.6. The third-order valence-corrected chi connectivity index (χ3v) is 5.13. The van der Waals surface area contributed by atoms with E-state index < -0.39 is 12.0 Å².